The van der Waals surface area contributed by atoms with Gasteiger partial charge in [-0.1, -0.05) is 0 Å². The largest absolute Gasteiger partial charge is 0.384 e. The lowest BCUT2D eigenvalue weighted by atomic mass is 10.0. The summed E-state index contributed by atoms with van der Waals surface area (Å²) in [6, 6.07) is 4.24. The molecule has 2 aliphatic rings. The molecule has 1 heterocycles. The lowest BCUT2D eigenvalue weighted by Gasteiger charge is -2.03. The average molecular weight is 173 g/mol. The van der Waals surface area contributed by atoms with Crippen LogP contribution in [0.5, 0.6) is 0 Å². The van der Waals surface area contributed by atoms with Gasteiger partial charge in [0.15, 0.2) is 5.78 Å². The molecule has 2 nitrogen and oxygen atoms in total. The van der Waals surface area contributed by atoms with E-state index in [4.69, 9.17) is 0 Å². The second-order valence-corrected chi connectivity index (χ2v) is 3.77. The molecule has 2 heteroatoms. The average Bonchev–Trinajstić information content (AvgIpc) is 2.70. The van der Waals surface area contributed by atoms with Gasteiger partial charge in [0, 0.05) is 24.2 Å². The third-order valence-electron chi connectivity index (χ3n) is 2.96. The van der Waals surface area contributed by atoms with Crippen LogP contribution in [0.1, 0.15) is 27.9 Å². The number of ketones is 1. The van der Waals surface area contributed by atoms with Crippen LogP contribution >= 0.6 is 0 Å². The van der Waals surface area contributed by atoms with Crippen molar-refractivity contribution in [2.45, 2.75) is 19.3 Å². The van der Waals surface area contributed by atoms with Gasteiger partial charge in [0.05, 0.1) is 0 Å². The fourth-order valence-electron chi connectivity index (χ4n) is 2.24. The SMILES string of the molecule is O=C1CCc2cc3c(cc21)CCN3. The van der Waals surface area contributed by atoms with E-state index in [0.29, 0.717) is 12.2 Å². The highest BCUT2D eigenvalue weighted by Crippen LogP contribution is 2.31. The van der Waals surface area contributed by atoms with E-state index in [9.17, 15) is 4.79 Å². The summed E-state index contributed by atoms with van der Waals surface area (Å²) in [5.74, 6) is 0.324. The van der Waals surface area contributed by atoms with Crippen molar-refractivity contribution >= 4 is 11.5 Å². The molecule has 1 aromatic carbocycles. The number of rotatable bonds is 0. The molecule has 0 fully saturated rings. The van der Waals surface area contributed by atoms with Crippen molar-refractivity contribution in [2.24, 2.45) is 0 Å². The van der Waals surface area contributed by atoms with Gasteiger partial charge in [-0.3, -0.25) is 4.79 Å². The van der Waals surface area contributed by atoms with Crippen LogP contribution in [0.3, 0.4) is 0 Å². The van der Waals surface area contributed by atoms with Crippen LogP contribution in [0, 0.1) is 0 Å². The van der Waals surface area contributed by atoms with Crippen molar-refractivity contribution in [3.05, 3.63) is 28.8 Å². The van der Waals surface area contributed by atoms with Gasteiger partial charge in [0.2, 0.25) is 0 Å². The zero-order valence-electron chi connectivity index (χ0n) is 7.39. The Morgan fingerprint density at radius 1 is 1.08 bits per heavy atom. The zero-order chi connectivity index (χ0) is 8.84. The second kappa shape index (κ2) is 2.34. The van der Waals surface area contributed by atoms with Gasteiger partial charge < -0.3 is 5.32 Å². The minimum Gasteiger partial charge on any atom is -0.384 e. The molecular weight excluding hydrogens is 162 g/mol. The number of fused-ring (bicyclic) bond motifs is 2. The lowest BCUT2D eigenvalue weighted by Crippen LogP contribution is -1.93. The Bertz CT molecular complexity index is 395. The number of carbonyl (C=O) groups excluding carboxylic acids is 1. The van der Waals surface area contributed by atoms with Gasteiger partial charge >= 0.3 is 0 Å². The maximum Gasteiger partial charge on any atom is 0.163 e. The standard InChI is InChI=1S/C11H11NO/c13-11-2-1-7-6-10-8(3-4-12-10)5-9(7)11/h5-6,12H,1-4H2. The zero-order valence-corrected chi connectivity index (χ0v) is 7.39. The Morgan fingerprint density at radius 2 is 2.00 bits per heavy atom. The number of anilines is 1. The smallest absolute Gasteiger partial charge is 0.163 e. The molecule has 0 atom stereocenters. The fraction of sp³-hybridized carbons (Fsp3) is 0.364. The molecule has 66 valence electrons. The minimum atomic E-state index is 0.324. The van der Waals surface area contributed by atoms with Crippen molar-refractivity contribution in [3.8, 4) is 0 Å². The molecule has 1 aliphatic carbocycles. The van der Waals surface area contributed by atoms with E-state index in [1.54, 1.807) is 0 Å². The highest BCUT2D eigenvalue weighted by atomic mass is 16.1. The summed E-state index contributed by atoms with van der Waals surface area (Å²) < 4.78 is 0. The Kier molecular flexibility index (Phi) is 1.29. The molecule has 13 heavy (non-hydrogen) atoms. The summed E-state index contributed by atoms with van der Waals surface area (Å²) in [7, 11) is 0. The van der Waals surface area contributed by atoms with Crippen LogP contribution in [-0.2, 0) is 12.8 Å². The highest BCUT2D eigenvalue weighted by molar-refractivity contribution is 6.01. The number of carbonyl (C=O) groups is 1. The van der Waals surface area contributed by atoms with Crippen LogP contribution in [0.2, 0.25) is 0 Å². The van der Waals surface area contributed by atoms with E-state index < -0.39 is 0 Å². The predicted molar refractivity (Wildman–Crippen MR) is 51.3 cm³/mol. The number of hydrogen-bond acceptors (Lipinski definition) is 2. The van der Waals surface area contributed by atoms with Crippen LogP contribution in [0.4, 0.5) is 5.69 Å². The van der Waals surface area contributed by atoms with Crippen molar-refractivity contribution in [1.29, 1.82) is 0 Å². The maximum absolute atomic E-state index is 11.4. The Balaban J connectivity index is 2.22. The van der Waals surface area contributed by atoms with Gasteiger partial charge in [0.25, 0.3) is 0 Å². The second-order valence-electron chi connectivity index (χ2n) is 3.77. The number of hydrogen-bond donors (Lipinski definition) is 1. The van der Waals surface area contributed by atoms with Crippen molar-refractivity contribution in [3.63, 3.8) is 0 Å². The molecule has 0 amide bonds. The molecule has 1 aromatic rings. The van der Waals surface area contributed by atoms with Crippen molar-refractivity contribution in [2.75, 3.05) is 11.9 Å². The molecule has 0 saturated carbocycles. The summed E-state index contributed by atoms with van der Waals surface area (Å²) in [5, 5.41) is 3.33. The van der Waals surface area contributed by atoms with Crippen LogP contribution in [0.15, 0.2) is 12.1 Å². The minimum absolute atomic E-state index is 0.324. The summed E-state index contributed by atoms with van der Waals surface area (Å²) >= 11 is 0. The van der Waals surface area contributed by atoms with Crippen molar-refractivity contribution < 1.29 is 4.79 Å². The third-order valence-corrected chi connectivity index (χ3v) is 2.96. The molecule has 0 bridgehead atoms. The Labute approximate surface area is 77.0 Å². The van der Waals surface area contributed by atoms with E-state index in [-0.39, 0.29) is 0 Å². The third kappa shape index (κ3) is 0.916. The van der Waals surface area contributed by atoms with Gasteiger partial charge in [-0.15, -0.1) is 0 Å². The monoisotopic (exact) mass is 173 g/mol. The van der Waals surface area contributed by atoms with E-state index in [1.807, 2.05) is 0 Å². The van der Waals surface area contributed by atoms with Gasteiger partial charge in [0.1, 0.15) is 0 Å². The lowest BCUT2D eigenvalue weighted by molar-refractivity contribution is 0.0994. The summed E-state index contributed by atoms with van der Waals surface area (Å²) in [6.45, 7) is 1.02. The van der Waals surface area contributed by atoms with Gasteiger partial charge in [-0.05, 0) is 36.1 Å². The number of aryl methyl sites for hydroxylation is 1. The van der Waals surface area contributed by atoms with E-state index in [0.717, 1.165) is 24.9 Å². The van der Waals surface area contributed by atoms with Gasteiger partial charge in [-0.25, -0.2) is 0 Å². The summed E-state index contributed by atoms with van der Waals surface area (Å²) in [4.78, 5) is 11.4. The first-order valence-corrected chi connectivity index (χ1v) is 4.77. The molecule has 1 aliphatic heterocycles. The highest BCUT2D eigenvalue weighted by Gasteiger charge is 2.22. The van der Waals surface area contributed by atoms with E-state index in [1.165, 1.54) is 16.8 Å². The Morgan fingerprint density at radius 3 is 2.92 bits per heavy atom. The molecule has 0 unspecified atom stereocenters. The molecule has 1 N–H and O–H groups in total. The van der Waals surface area contributed by atoms with Crippen molar-refractivity contribution in [1.82, 2.24) is 0 Å². The molecule has 0 radical (unpaired) electrons. The fourth-order valence-corrected chi connectivity index (χ4v) is 2.24. The van der Waals surface area contributed by atoms with Crippen LogP contribution in [-0.4, -0.2) is 12.3 Å². The van der Waals surface area contributed by atoms with Crippen LogP contribution in [0.25, 0.3) is 0 Å². The van der Waals surface area contributed by atoms with Gasteiger partial charge in [-0.2, -0.15) is 0 Å². The summed E-state index contributed by atoms with van der Waals surface area (Å²) in [6.07, 6.45) is 2.71. The number of benzene rings is 1. The van der Waals surface area contributed by atoms with E-state index >= 15 is 0 Å². The molecule has 0 aromatic heterocycles. The first-order valence-electron chi connectivity index (χ1n) is 4.77. The molecule has 3 rings (SSSR count). The Hall–Kier alpha value is -1.31. The predicted octanol–water partition coefficient (Wildman–Crippen LogP) is 1.78. The summed E-state index contributed by atoms with van der Waals surface area (Å²) in [5.41, 5.74) is 4.77. The quantitative estimate of drug-likeness (QED) is 0.648. The topological polar surface area (TPSA) is 29.1 Å². The molecule has 0 spiro atoms. The number of Topliss-reactive ketones (excluding diaryl/α,β-unsaturated/α-hetero) is 1. The van der Waals surface area contributed by atoms with E-state index in [2.05, 4.69) is 17.4 Å². The maximum atomic E-state index is 11.4. The number of nitrogens with one attached hydrogen (secondary N) is 1. The first kappa shape index (κ1) is 7.13. The molecule has 0 saturated heterocycles. The molecular formula is C11H11NO. The normalized spacial score (nSPS) is 18.3. The first-order chi connectivity index (χ1) is 6.34. The van der Waals surface area contributed by atoms with Crippen LogP contribution < -0.4 is 5.32 Å².